The van der Waals surface area contributed by atoms with E-state index in [-0.39, 0.29) is 24.2 Å². The summed E-state index contributed by atoms with van der Waals surface area (Å²) in [6, 6.07) is 7.58. The van der Waals surface area contributed by atoms with Crippen LogP contribution in [-0.4, -0.2) is 42.9 Å². The lowest BCUT2D eigenvalue weighted by Gasteiger charge is -2.26. The highest BCUT2D eigenvalue weighted by atomic mass is 35.5. The number of carbonyl (C=O) groups is 2. The maximum Gasteiger partial charge on any atom is 0.253 e. The van der Waals surface area contributed by atoms with Gasteiger partial charge in [0.25, 0.3) is 5.91 Å². The van der Waals surface area contributed by atoms with E-state index in [1.165, 1.54) is 19.3 Å². The van der Waals surface area contributed by atoms with Crippen molar-refractivity contribution in [3.63, 3.8) is 0 Å². The number of benzene rings is 1. The van der Waals surface area contributed by atoms with Crippen LogP contribution in [-0.2, 0) is 11.3 Å². The second kappa shape index (κ2) is 9.78. The molecule has 5 nitrogen and oxygen atoms in total. The molecule has 1 heterocycles. The van der Waals surface area contributed by atoms with Crippen LogP contribution in [0.4, 0.5) is 0 Å². The SMILES string of the molecule is Cl.O=C(CNCC1CC1)NCc1ccc(C(=O)N2CCCCC2)cc1. The van der Waals surface area contributed by atoms with E-state index in [9.17, 15) is 9.59 Å². The Morgan fingerprint density at radius 2 is 1.72 bits per heavy atom. The minimum absolute atomic E-state index is 0. The minimum atomic E-state index is 0. The van der Waals surface area contributed by atoms with Crippen molar-refractivity contribution >= 4 is 24.2 Å². The first kappa shape index (κ1) is 19.7. The molecule has 1 aromatic rings. The summed E-state index contributed by atoms with van der Waals surface area (Å²) < 4.78 is 0. The van der Waals surface area contributed by atoms with Gasteiger partial charge in [-0.25, -0.2) is 0 Å². The molecule has 0 spiro atoms. The number of nitrogens with zero attached hydrogens (tertiary/aromatic N) is 1. The molecular formula is C19H28ClN3O2. The molecule has 0 radical (unpaired) electrons. The quantitative estimate of drug-likeness (QED) is 0.779. The Morgan fingerprint density at radius 1 is 1.04 bits per heavy atom. The van der Waals surface area contributed by atoms with E-state index >= 15 is 0 Å². The van der Waals surface area contributed by atoms with Crippen LogP contribution in [0.1, 0.15) is 48.0 Å². The topological polar surface area (TPSA) is 61.4 Å². The normalized spacial score (nSPS) is 16.9. The van der Waals surface area contributed by atoms with Crippen LogP contribution in [0.5, 0.6) is 0 Å². The van der Waals surface area contributed by atoms with Gasteiger partial charge in [0, 0.05) is 25.2 Å². The number of piperidine rings is 1. The summed E-state index contributed by atoms with van der Waals surface area (Å²) in [5, 5.41) is 6.09. The maximum absolute atomic E-state index is 12.4. The molecule has 0 atom stereocenters. The Balaban J connectivity index is 0.00000225. The Morgan fingerprint density at radius 3 is 2.36 bits per heavy atom. The summed E-state index contributed by atoms with van der Waals surface area (Å²) in [6.07, 6.45) is 6.00. The summed E-state index contributed by atoms with van der Waals surface area (Å²) in [6.45, 7) is 3.56. The Hall–Kier alpha value is -1.59. The zero-order valence-corrected chi connectivity index (χ0v) is 15.4. The molecular weight excluding hydrogens is 338 g/mol. The van der Waals surface area contributed by atoms with Gasteiger partial charge in [0.1, 0.15) is 0 Å². The molecule has 1 saturated heterocycles. The predicted octanol–water partition coefficient (Wildman–Crippen LogP) is 2.35. The van der Waals surface area contributed by atoms with Gasteiger partial charge in [-0.2, -0.15) is 0 Å². The predicted molar refractivity (Wildman–Crippen MR) is 101 cm³/mol. The number of amides is 2. The minimum Gasteiger partial charge on any atom is -0.351 e. The Labute approximate surface area is 155 Å². The van der Waals surface area contributed by atoms with Crippen LogP contribution in [0.15, 0.2) is 24.3 Å². The molecule has 6 heteroatoms. The van der Waals surface area contributed by atoms with E-state index < -0.39 is 0 Å². The summed E-state index contributed by atoms with van der Waals surface area (Å²) >= 11 is 0. The van der Waals surface area contributed by atoms with E-state index in [1.54, 1.807) is 0 Å². The van der Waals surface area contributed by atoms with Gasteiger partial charge in [0.2, 0.25) is 5.91 Å². The van der Waals surface area contributed by atoms with Gasteiger partial charge in [-0.15, -0.1) is 12.4 Å². The monoisotopic (exact) mass is 365 g/mol. The van der Waals surface area contributed by atoms with E-state index in [2.05, 4.69) is 10.6 Å². The fraction of sp³-hybridized carbons (Fsp3) is 0.579. The molecule has 3 rings (SSSR count). The van der Waals surface area contributed by atoms with E-state index in [4.69, 9.17) is 0 Å². The number of hydrogen-bond donors (Lipinski definition) is 2. The highest BCUT2D eigenvalue weighted by molar-refractivity contribution is 5.94. The zero-order valence-electron chi connectivity index (χ0n) is 14.6. The van der Waals surface area contributed by atoms with Crippen molar-refractivity contribution in [3.8, 4) is 0 Å². The van der Waals surface area contributed by atoms with Crippen molar-refractivity contribution in [3.05, 3.63) is 35.4 Å². The molecule has 1 aliphatic carbocycles. The third-order valence-corrected chi connectivity index (χ3v) is 4.75. The van der Waals surface area contributed by atoms with Crippen LogP contribution in [0, 0.1) is 5.92 Å². The molecule has 2 amide bonds. The number of nitrogens with one attached hydrogen (secondary N) is 2. The molecule has 0 aromatic heterocycles. The second-order valence-corrected chi connectivity index (χ2v) is 6.90. The number of halogens is 1. The summed E-state index contributed by atoms with van der Waals surface area (Å²) in [4.78, 5) is 26.1. The van der Waals surface area contributed by atoms with Crippen molar-refractivity contribution in [2.24, 2.45) is 5.92 Å². The summed E-state index contributed by atoms with van der Waals surface area (Å²) in [5.74, 6) is 0.918. The molecule has 2 fully saturated rings. The van der Waals surface area contributed by atoms with Crippen LogP contribution in [0.2, 0.25) is 0 Å². The van der Waals surface area contributed by atoms with Crippen LogP contribution < -0.4 is 10.6 Å². The number of rotatable bonds is 7. The largest absolute Gasteiger partial charge is 0.351 e. The molecule has 1 aromatic carbocycles. The smallest absolute Gasteiger partial charge is 0.253 e. The molecule has 1 saturated carbocycles. The number of likely N-dealkylation sites (tertiary alicyclic amines) is 1. The molecule has 25 heavy (non-hydrogen) atoms. The highest BCUT2D eigenvalue weighted by Gasteiger charge is 2.20. The second-order valence-electron chi connectivity index (χ2n) is 6.90. The molecule has 0 unspecified atom stereocenters. The fourth-order valence-corrected chi connectivity index (χ4v) is 3.02. The average molecular weight is 366 g/mol. The molecule has 2 N–H and O–H groups in total. The van der Waals surface area contributed by atoms with Gasteiger partial charge in [-0.3, -0.25) is 9.59 Å². The lowest BCUT2D eigenvalue weighted by molar-refractivity contribution is -0.120. The van der Waals surface area contributed by atoms with Gasteiger partial charge < -0.3 is 15.5 Å². The number of hydrogen-bond acceptors (Lipinski definition) is 3. The van der Waals surface area contributed by atoms with Gasteiger partial charge in [-0.1, -0.05) is 12.1 Å². The van der Waals surface area contributed by atoms with E-state index in [0.717, 1.165) is 49.5 Å². The van der Waals surface area contributed by atoms with Crippen LogP contribution >= 0.6 is 12.4 Å². The zero-order chi connectivity index (χ0) is 16.8. The van der Waals surface area contributed by atoms with Gasteiger partial charge in [0.15, 0.2) is 0 Å². The van der Waals surface area contributed by atoms with Crippen molar-refractivity contribution < 1.29 is 9.59 Å². The Kier molecular flexibility index (Phi) is 7.72. The first-order valence-corrected chi connectivity index (χ1v) is 9.08. The lowest BCUT2D eigenvalue weighted by atomic mass is 10.1. The van der Waals surface area contributed by atoms with Crippen LogP contribution in [0.3, 0.4) is 0 Å². The van der Waals surface area contributed by atoms with Gasteiger partial charge in [-0.05, 0) is 62.3 Å². The first-order chi connectivity index (χ1) is 11.7. The molecule has 2 aliphatic rings. The van der Waals surface area contributed by atoms with E-state index in [0.29, 0.717) is 13.1 Å². The van der Waals surface area contributed by atoms with Crippen molar-refractivity contribution in [1.29, 1.82) is 0 Å². The standard InChI is InChI=1S/C19H27N3O2.ClH/c23-18(14-20-12-15-4-5-15)21-13-16-6-8-17(9-7-16)19(24)22-10-2-1-3-11-22;/h6-9,15,20H,1-5,10-14H2,(H,21,23);1H. The summed E-state index contributed by atoms with van der Waals surface area (Å²) in [5.41, 5.74) is 1.75. The third-order valence-electron chi connectivity index (χ3n) is 4.75. The van der Waals surface area contributed by atoms with Crippen molar-refractivity contribution in [1.82, 2.24) is 15.5 Å². The third kappa shape index (κ3) is 6.33. The van der Waals surface area contributed by atoms with Crippen molar-refractivity contribution in [2.45, 2.75) is 38.6 Å². The molecule has 1 aliphatic heterocycles. The molecule has 0 bridgehead atoms. The highest BCUT2D eigenvalue weighted by Crippen LogP contribution is 2.27. The number of carbonyl (C=O) groups excluding carboxylic acids is 2. The van der Waals surface area contributed by atoms with Crippen LogP contribution in [0.25, 0.3) is 0 Å². The van der Waals surface area contributed by atoms with E-state index in [1.807, 2.05) is 29.2 Å². The summed E-state index contributed by atoms with van der Waals surface area (Å²) in [7, 11) is 0. The van der Waals surface area contributed by atoms with Crippen molar-refractivity contribution in [2.75, 3.05) is 26.2 Å². The Bertz CT molecular complexity index is 567. The first-order valence-electron chi connectivity index (χ1n) is 9.08. The molecule has 138 valence electrons. The fourth-order valence-electron chi connectivity index (χ4n) is 3.02. The van der Waals surface area contributed by atoms with Gasteiger partial charge >= 0.3 is 0 Å². The van der Waals surface area contributed by atoms with Gasteiger partial charge in [0.05, 0.1) is 6.54 Å². The maximum atomic E-state index is 12.4. The lowest BCUT2D eigenvalue weighted by Crippen LogP contribution is -2.35. The average Bonchev–Trinajstić information content (AvgIpc) is 3.45.